The van der Waals surface area contributed by atoms with E-state index in [-0.39, 0.29) is 36.1 Å². The zero-order valence-electron chi connectivity index (χ0n) is 15.5. The number of carbonyl (C=O) groups excluding carboxylic acids is 1. The molecule has 0 aliphatic heterocycles. The molecular weight excluding hydrogens is 370 g/mol. The molecule has 0 aliphatic rings. The number of ether oxygens (including phenoxy) is 2. The standard InChI is InChI=1S/C18H23N3O5S/c1-13-6-7-15(27(23,24)21-9-10-25-2)11-16(13)17(22)20-12-14-5-4-8-19-18(14)26-3/h4-8,11,21H,9-10,12H2,1-3H3,(H,20,22). The number of aromatic nitrogens is 1. The van der Waals surface area contributed by atoms with Crippen molar-refractivity contribution < 1.29 is 22.7 Å². The normalized spacial score (nSPS) is 11.2. The summed E-state index contributed by atoms with van der Waals surface area (Å²) in [5.41, 5.74) is 1.67. The summed E-state index contributed by atoms with van der Waals surface area (Å²) in [5, 5.41) is 2.77. The molecule has 27 heavy (non-hydrogen) atoms. The Hall–Kier alpha value is -2.49. The average molecular weight is 393 g/mol. The largest absolute Gasteiger partial charge is 0.481 e. The number of rotatable bonds is 9. The van der Waals surface area contributed by atoms with E-state index in [0.717, 1.165) is 5.56 Å². The van der Waals surface area contributed by atoms with Gasteiger partial charge in [-0.2, -0.15) is 0 Å². The summed E-state index contributed by atoms with van der Waals surface area (Å²) < 4.78 is 37.1. The number of methoxy groups -OCH3 is 2. The topological polar surface area (TPSA) is 107 Å². The monoisotopic (exact) mass is 393 g/mol. The molecule has 146 valence electrons. The summed E-state index contributed by atoms with van der Waals surface area (Å²) in [7, 11) is -0.734. The van der Waals surface area contributed by atoms with E-state index in [2.05, 4.69) is 15.0 Å². The zero-order chi connectivity index (χ0) is 19.9. The molecular formula is C18H23N3O5S. The van der Waals surface area contributed by atoms with Crippen molar-refractivity contribution in [3.05, 3.63) is 53.2 Å². The van der Waals surface area contributed by atoms with Crippen molar-refractivity contribution in [2.24, 2.45) is 0 Å². The molecule has 0 saturated heterocycles. The molecule has 2 N–H and O–H groups in total. The second-order valence-corrected chi connectivity index (χ2v) is 7.49. The van der Waals surface area contributed by atoms with Gasteiger partial charge in [-0.15, -0.1) is 0 Å². The second kappa shape index (κ2) is 9.45. The fraction of sp³-hybridized carbons (Fsp3) is 0.333. The molecule has 9 heteroatoms. The third-order valence-electron chi connectivity index (χ3n) is 3.84. The van der Waals surface area contributed by atoms with Crippen LogP contribution in [0.1, 0.15) is 21.5 Å². The van der Waals surface area contributed by atoms with E-state index in [1.807, 2.05) is 0 Å². The average Bonchev–Trinajstić information content (AvgIpc) is 2.66. The molecule has 1 heterocycles. The molecule has 0 fully saturated rings. The molecule has 1 amide bonds. The number of sulfonamides is 1. The minimum absolute atomic E-state index is 0.0216. The highest BCUT2D eigenvalue weighted by Gasteiger charge is 2.18. The molecule has 0 unspecified atom stereocenters. The van der Waals surface area contributed by atoms with Gasteiger partial charge in [0.1, 0.15) is 0 Å². The third-order valence-corrected chi connectivity index (χ3v) is 5.30. The summed E-state index contributed by atoms with van der Waals surface area (Å²) >= 11 is 0. The lowest BCUT2D eigenvalue weighted by molar-refractivity contribution is 0.0950. The smallest absolute Gasteiger partial charge is 0.251 e. The van der Waals surface area contributed by atoms with Crippen molar-refractivity contribution in [2.75, 3.05) is 27.4 Å². The van der Waals surface area contributed by atoms with Crippen molar-refractivity contribution in [2.45, 2.75) is 18.4 Å². The Morgan fingerprint density at radius 3 is 2.70 bits per heavy atom. The van der Waals surface area contributed by atoms with Gasteiger partial charge in [0.25, 0.3) is 5.91 Å². The first-order valence-corrected chi connectivity index (χ1v) is 9.72. The van der Waals surface area contributed by atoms with Crippen molar-refractivity contribution in [3.8, 4) is 5.88 Å². The number of nitrogens with zero attached hydrogens (tertiary/aromatic N) is 1. The molecule has 2 rings (SSSR count). The van der Waals surface area contributed by atoms with Gasteiger partial charge in [0.15, 0.2) is 0 Å². The van der Waals surface area contributed by atoms with Gasteiger partial charge in [0.2, 0.25) is 15.9 Å². The number of hydrogen-bond acceptors (Lipinski definition) is 6. The van der Waals surface area contributed by atoms with E-state index >= 15 is 0 Å². The van der Waals surface area contributed by atoms with Gasteiger partial charge in [-0.3, -0.25) is 4.79 Å². The highest BCUT2D eigenvalue weighted by atomic mass is 32.2. The van der Waals surface area contributed by atoms with E-state index in [9.17, 15) is 13.2 Å². The van der Waals surface area contributed by atoms with Gasteiger partial charge >= 0.3 is 0 Å². The van der Waals surface area contributed by atoms with Crippen LogP contribution in [0, 0.1) is 6.92 Å². The van der Waals surface area contributed by atoms with Crippen molar-refractivity contribution in [1.82, 2.24) is 15.0 Å². The van der Waals surface area contributed by atoms with Gasteiger partial charge in [-0.25, -0.2) is 18.1 Å². The van der Waals surface area contributed by atoms with Crippen LogP contribution in [0.2, 0.25) is 0 Å². The highest BCUT2D eigenvalue weighted by Crippen LogP contribution is 2.17. The molecule has 0 aliphatic carbocycles. The Balaban J connectivity index is 2.16. The van der Waals surface area contributed by atoms with E-state index in [4.69, 9.17) is 9.47 Å². The molecule has 1 aromatic carbocycles. The molecule has 0 bridgehead atoms. The summed E-state index contributed by atoms with van der Waals surface area (Å²) in [5.74, 6) is 0.0422. The first-order chi connectivity index (χ1) is 12.9. The lowest BCUT2D eigenvalue weighted by Crippen LogP contribution is -2.28. The van der Waals surface area contributed by atoms with Crippen LogP contribution < -0.4 is 14.8 Å². The maximum absolute atomic E-state index is 12.6. The Bertz CT molecular complexity index is 900. The number of pyridine rings is 1. The SMILES string of the molecule is COCCNS(=O)(=O)c1ccc(C)c(C(=O)NCc2cccnc2OC)c1. The zero-order valence-corrected chi connectivity index (χ0v) is 16.3. The van der Waals surface area contributed by atoms with E-state index < -0.39 is 10.0 Å². The van der Waals surface area contributed by atoms with Crippen LogP contribution in [-0.2, 0) is 21.3 Å². The summed E-state index contributed by atoms with van der Waals surface area (Å²) in [6.07, 6.45) is 1.60. The predicted molar refractivity (Wildman–Crippen MR) is 100 cm³/mol. The Morgan fingerprint density at radius 1 is 1.22 bits per heavy atom. The Kier molecular flexibility index (Phi) is 7.28. The van der Waals surface area contributed by atoms with E-state index in [1.165, 1.54) is 26.4 Å². The van der Waals surface area contributed by atoms with Crippen LogP contribution in [0.15, 0.2) is 41.4 Å². The molecule has 0 atom stereocenters. The molecule has 2 aromatic rings. The van der Waals surface area contributed by atoms with Crippen LogP contribution in [-0.4, -0.2) is 46.7 Å². The minimum atomic E-state index is -3.72. The first-order valence-electron chi connectivity index (χ1n) is 8.24. The molecule has 0 radical (unpaired) electrons. The lowest BCUT2D eigenvalue weighted by Gasteiger charge is -2.12. The number of carbonyl (C=O) groups is 1. The lowest BCUT2D eigenvalue weighted by atomic mass is 10.1. The van der Waals surface area contributed by atoms with Gasteiger partial charge in [0.05, 0.1) is 18.6 Å². The van der Waals surface area contributed by atoms with Gasteiger partial charge in [-0.05, 0) is 30.7 Å². The van der Waals surface area contributed by atoms with Crippen molar-refractivity contribution >= 4 is 15.9 Å². The van der Waals surface area contributed by atoms with Crippen molar-refractivity contribution in [1.29, 1.82) is 0 Å². The van der Waals surface area contributed by atoms with Crippen LogP contribution in [0.25, 0.3) is 0 Å². The second-order valence-electron chi connectivity index (χ2n) is 5.72. The summed E-state index contributed by atoms with van der Waals surface area (Å²) in [6.45, 7) is 2.35. The number of amides is 1. The van der Waals surface area contributed by atoms with Crippen molar-refractivity contribution in [3.63, 3.8) is 0 Å². The quantitative estimate of drug-likeness (QED) is 0.621. The summed E-state index contributed by atoms with van der Waals surface area (Å²) in [4.78, 5) is 16.7. The predicted octanol–water partition coefficient (Wildman–Crippen LogP) is 1.25. The number of hydrogen-bond donors (Lipinski definition) is 2. The maximum atomic E-state index is 12.6. The molecule has 0 spiro atoms. The van der Waals surface area contributed by atoms with Crippen LogP contribution in [0.4, 0.5) is 0 Å². The number of aryl methyl sites for hydroxylation is 1. The van der Waals surface area contributed by atoms with Gasteiger partial charge in [0, 0.05) is 37.5 Å². The van der Waals surface area contributed by atoms with E-state index in [0.29, 0.717) is 11.4 Å². The van der Waals surface area contributed by atoms with Crippen LogP contribution in [0.5, 0.6) is 5.88 Å². The Labute approximate surface area is 159 Å². The maximum Gasteiger partial charge on any atom is 0.251 e. The fourth-order valence-electron chi connectivity index (χ4n) is 2.39. The molecule has 8 nitrogen and oxygen atoms in total. The summed E-state index contributed by atoms with van der Waals surface area (Å²) in [6, 6.07) is 7.96. The fourth-order valence-corrected chi connectivity index (χ4v) is 3.43. The van der Waals surface area contributed by atoms with E-state index in [1.54, 1.807) is 31.3 Å². The number of benzene rings is 1. The highest BCUT2D eigenvalue weighted by molar-refractivity contribution is 7.89. The first kappa shape index (κ1) is 20.8. The number of nitrogens with one attached hydrogen (secondary N) is 2. The third kappa shape index (κ3) is 5.49. The van der Waals surface area contributed by atoms with Crippen LogP contribution in [0.3, 0.4) is 0 Å². The molecule has 0 saturated carbocycles. The van der Waals surface area contributed by atoms with Crippen LogP contribution >= 0.6 is 0 Å². The molecule has 1 aromatic heterocycles. The minimum Gasteiger partial charge on any atom is -0.481 e. The Morgan fingerprint density at radius 2 is 2.00 bits per heavy atom. The van der Waals surface area contributed by atoms with Gasteiger partial charge in [-0.1, -0.05) is 12.1 Å². The van der Waals surface area contributed by atoms with Gasteiger partial charge < -0.3 is 14.8 Å².